The Morgan fingerprint density at radius 1 is 1.22 bits per heavy atom. The second-order valence-electron chi connectivity index (χ2n) is 4.83. The maximum absolute atomic E-state index is 12.2. The lowest BCUT2D eigenvalue weighted by Crippen LogP contribution is -2.35. The van der Waals surface area contributed by atoms with Crippen molar-refractivity contribution in [3.63, 3.8) is 0 Å². The molecular formula is C15H27NO6S. The minimum atomic E-state index is -0.781. The summed E-state index contributed by atoms with van der Waals surface area (Å²) in [5.74, 6) is 0.0849. The predicted octanol–water partition coefficient (Wildman–Crippen LogP) is 1.89. The Hall–Kier alpha value is -1.57. The monoisotopic (exact) mass is 349 g/mol. The number of unbranched alkanes of at least 4 members (excludes halogenated alkanes) is 2. The molecule has 0 fully saturated rings. The van der Waals surface area contributed by atoms with Gasteiger partial charge in [-0.2, -0.15) is 0 Å². The van der Waals surface area contributed by atoms with Gasteiger partial charge in [-0.05, 0) is 25.0 Å². The van der Waals surface area contributed by atoms with Crippen LogP contribution in [-0.4, -0.2) is 64.3 Å². The molecule has 0 aromatic rings. The summed E-state index contributed by atoms with van der Waals surface area (Å²) in [5, 5.41) is 15.1. The van der Waals surface area contributed by atoms with Crippen LogP contribution in [-0.2, 0) is 19.2 Å². The van der Waals surface area contributed by atoms with Crippen LogP contribution in [0.2, 0.25) is 0 Å². The molecule has 0 saturated carbocycles. The number of carboxylic acids is 1. The Balaban J connectivity index is 0. The van der Waals surface area contributed by atoms with Crippen LogP contribution in [0.4, 0.5) is 0 Å². The van der Waals surface area contributed by atoms with Crippen molar-refractivity contribution in [2.45, 2.75) is 50.7 Å². The molecule has 0 aliphatic carbocycles. The number of aliphatic carboxylic acids is 1. The third kappa shape index (κ3) is 15.1. The lowest BCUT2D eigenvalue weighted by Gasteiger charge is -2.22. The summed E-state index contributed by atoms with van der Waals surface area (Å²) in [4.78, 5) is 43.2. The first-order valence-corrected chi connectivity index (χ1v) is 8.59. The second-order valence-corrected chi connectivity index (χ2v) is 6.14. The highest BCUT2D eigenvalue weighted by molar-refractivity contribution is 8.00. The number of carbonyl (C=O) groups excluding carboxylic acids is 2. The lowest BCUT2D eigenvalue weighted by molar-refractivity contribution is -0.137. The highest BCUT2D eigenvalue weighted by Crippen LogP contribution is 2.17. The Labute approximate surface area is 141 Å². The third-order valence-corrected chi connectivity index (χ3v) is 4.31. The van der Waals surface area contributed by atoms with Crippen LogP contribution in [0.3, 0.4) is 0 Å². The van der Waals surface area contributed by atoms with E-state index >= 15 is 0 Å². The summed E-state index contributed by atoms with van der Waals surface area (Å²) in [5.41, 5.74) is 0. The molecule has 0 aliphatic heterocycles. The smallest absolute Gasteiger partial charge is 0.303 e. The predicted molar refractivity (Wildman–Crippen MR) is 89.7 cm³/mol. The van der Waals surface area contributed by atoms with Crippen molar-refractivity contribution in [1.29, 1.82) is 0 Å². The zero-order chi connectivity index (χ0) is 18.1. The number of carboxylic acid groups (broad SMARTS) is 2. The van der Waals surface area contributed by atoms with Crippen LogP contribution in [0.25, 0.3) is 0 Å². The zero-order valence-electron chi connectivity index (χ0n) is 13.8. The van der Waals surface area contributed by atoms with Crippen molar-refractivity contribution in [2.75, 3.05) is 19.3 Å². The molecule has 1 amide bonds. The number of carbonyl (C=O) groups is 4. The van der Waals surface area contributed by atoms with Gasteiger partial charge in [-0.15, -0.1) is 11.8 Å². The summed E-state index contributed by atoms with van der Waals surface area (Å²) in [7, 11) is 1.74. The van der Waals surface area contributed by atoms with E-state index < -0.39 is 5.97 Å². The Morgan fingerprint density at radius 3 is 2.30 bits per heavy atom. The van der Waals surface area contributed by atoms with Gasteiger partial charge < -0.3 is 19.9 Å². The maximum Gasteiger partial charge on any atom is 0.303 e. The lowest BCUT2D eigenvalue weighted by atomic mass is 10.2. The number of rotatable bonds is 12. The molecule has 0 rings (SSSR count). The second kappa shape index (κ2) is 16.8. The molecule has 0 aliphatic rings. The largest absolute Gasteiger partial charge is 0.483 e. The van der Waals surface area contributed by atoms with Gasteiger partial charge in [0.15, 0.2) is 0 Å². The fourth-order valence-electron chi connectivity index (χ4n) is 1.75. The molecule has 0 heterocycles. The van der Waals surface area contributed by atoms with E-state index in [0.717, 1.165) is 31.3 Å². The van der Waals surface area contributed by atoms with Gasteiger partial charge in [0, 0.05) is 26.4 Å². The van der Waals surface area contributed by atoms with Crippen molar-refractivity contribution in [3.8, 4) is 0 Å². The molecule has 0 aromatic carbocycles. The van der Waals surface area contributed by atoms with Crippen LogP contribution >= 0.6 is 11.8 Å². The average molecular weight is 349 g/mol. The van der Waals surface area contributed by atoms with Gasteiger partial charge in [0.2, 0.25) is 5.91 Å². The van der Waals surface area contributed by atoms with Crippen molar-refractivity contribution in [1.82, 2.24) is 4.90 Å². The quantitative estimate of drug-likeness (QED) is 0.409. The third-order valence-electron chi connectivity index (χ3n) is 2.87. The Morgan fingerprint density at radius 2 is 1.83 bits per heavy atom. The number of thioether (sulfide) groups is 1. The molecule has 0 radical (unpaired) electrons. The van der Waals surface area contributed by atoms with E-state index in [2.05, 4.69) is 0 Å². The molecule has 0 bridgehead atoms. The molecule has 7 nitrogen and oxygen atoms in total. The average Bonchev–Trinajstić information content (AvgIpc) is 2.50. The zero-order valence-corrected chi connectivity index (χ0v) is 14.6. The van der Waals surface area contributed by atoms with Crippen LogP contribution in [0.15, 0.2) is 0 Å². The van der Waals surface area contributed by atoms with E-state index in [0.29, 0.717) is 13.0 Å². The van der Waals surface area contributed by atoms with Crippen molar-refractivity contribution >= 4 is 36.4 Å². The van der Waals surface area contributed by atoms with Crippen LogP contribution in [0.1, 0.15) is 45.4 Å². The van der Waals surface area contributed by atoms with E-state index in [1.807, 2.05) is 6.92 Å². The highest BCUT2D eigenvalue weighted by Gasteiger charge is 2.21. The van der Waals surface area contributed by atoms with Gasteiger partial charge in [-0.3, -0.25) is 14.4 Å². The van der Waals surface area contributed by atoms with Crippen LogP contribution in [0.5, 0.6) is 0 Å². The maximum atomic E-state index is 12.2. The van der Waals surface area contributed by atoms with Crippen molar-refractivity contribution in [2.24, 2.45) is 0 Å². The Kier molecular flexibility index (Phi) is 17.3. The molecule has 0 saturated heterocycles. The van der Waals surface area contributed by atoms with E-state index in [1.54, 1.807) is 11.9 Å². The topological polar surface area (TPSA) is 112 Å². The van der Waals surface area contributed by atoms with E-state index in [1.165, 1.54) is 11.8 Å². The summed E-state index contributed by atoms with van der Waals surface area (Å²) < 4.78 is 0. The number of nitrogens with zero attached hydrogens (tertiary/aromatic N) is 1. The molecule has 8 heteroatoms. The first-order chi connectivity index (χ1) is 10.9. The standard InChI is InChI=1S/C14H25NO4S.CH2O2/c1-3-11-20-12(8-10-16)14(19)15(2)9-6-4-5-7-13(17)18;2-1-3/h10,12H,3-9,11H2,1-2H3,(H,17,18);1H,(H,2,3). The fourth-order valence-corrected chi connectivity index (χ4v) is 2.80. The molecule has 134 valence electrons. The molecule has 1 unspecified atom stereocenters. The summed E-state index contributed by atoms with van der Waals surface area (Å²) in [6.45, 7) is 2.40. The van der Waals surface area contributed by atoms with E-state index in [4.69, 9.17) is 15.0 Å². The molecule has 2 N–H and O–H groups in total. The van der Waals surface area contributed by atoms with Crippen LogP contribution in [0, 0.1) is 0 Å². The molecule has 0 spiro atoms. The molecule has 0 aromatic heterocycles. The minimum absolute atomic E-state index is 0.00576. The number of amides is 1. The van der Waals surface area contributed by atoms with Gasteiger partial charge in [-0.1, -0.05) is 13.3 Å². The number of hydrogen-bond acceptors (Lipinski definition) is 5. The SMILES string of the molecule is CCCSC(CC=O)C(=O)N(C)CCCCCC(=O)O.O=CO. The first-order valence-electron chi connectivity index (χ1n) is 7.54. The van der Waals surface area contributed by atoms with Gasteiger partial charge >= 0.3 is 5.97 Å². The van der Waals surface area contributed by atoms with E-state index in [-0.39, 0.29) is 30.5 Å². The van der Waals surface area contributed by atoms with Crippen LogP contribution < -0.4 is 0 Å². The van der Waals surface area contributed by atoms with Gasteiger partial charge in [0.1, 0.15) is 6.29 Å². The van der Waals surface area contributed by atoms with Gasteiger partial charge in [0.25, 0.3) is 6.47 Å². The minimum Gasteiger partial charge on any atom is -0.483 e. The molecule has 1 atom stereocenters. The number of hydrogen-bond donors (Lipinski definition) is 2. The first kappa shape index (κ1) is 23.7. The summed E-state index contributed by atoms with van der Waals surface area (Å²) >= 11 is 1.53. The van der Waals surface area contributed by atoms with Crippen molar-refractivity contribution < 1.29 is 29.4 Å². The van der Waals surface area contributed by atoms with Gasteiger partial charge in [0.05, 0.1) is 5.25 Å². The van der Waals surface area contributed by atoms with Gasteiger partial charge in [-0.25, -0.2) is 0 Å². The number of aldehydes is 1. The summed E-state index contributed by atoms with van der Waals surface area (Å²) in [6.07, 6.45) is 4.44. The Bertz CT molecular complexity index is 351. The molecular weight excluding hydrogens is 322 g/mol. The highest BCUT2D eigenvalue weighted by atomic mass is 32.2. The normalized spacial score (nSPS) is 10.9. The fraction of sp³-hybridized carbons (Fsp3) is 0.733. The van der Waals surface area contributed by atoms with E-state index in [9.17, 15) is 14.4 Å². The van der Waals surface area contributed by atoms with Crippen molar-refractivity contribution in [3.05, 3.63) is 0 Å². The molecule has 23 heavy (non-hydrogen) atoms. The summed E-state index contributed by atoms with van der Waals surface area (Å²) in [6, 6.07) is 0.